The highest BCUT2D eigenvalue weighted by Gasteiger charge is 2.60. The van der Waals surface area contributed by atoms with Gasteiger partial charge < -0.3 is 0 Å². The van der Waals surface area contributed by atoms with E-state index < -0.39 is 0 Å². The first-order valence-electron chi connectivity index (χ1n) is 13.4. The third-order valence-corrected chi connectivity index (χ3v) is 10.9. The minimum absolute atomic E-state index is 0.464. The van der Waals surface area contributed by atoms with Crippen molar-refractivity contribution in [2.45, 2.75) is 112 Å². The smallest absolute Gasteiger partial charge is 0.0911 e. The van der Waals surface area contributed by atoms with Crippen LogP contribution in [0.3, 0.4) is 0 Å². The monoisotopic (exact) mass is 409 g/mol. The van der Waals surface area contributed by atoms with Crippen LogP contribution in [0.25, 0.3) is 0 Å². The van der Waals surface area contributed by atoms with Crippen LogP contribution in [0.4, 0.5) is 0 Å². The lowest BCUT2D eigenvalue weighted by molar-refractivity contribution is -0.0940. The van der Waals surface area contributed by atoms with E-state index in [1.54, 1.807) is 5.57 Å². The van der Waals surface area contributed by atoms with E-state index >= 15 is 0 Å². The van der Waals surface area contributed by atoms with E-state index in [1.807, 2.05) is 6.08 Å². The Kier molecular flexibility index (Phi) is 6.46. The Morgan fingerprint density at radius 3 is 2.47 bits per heavy atom. The summed E-state index contributed by atoms with van der Waals surface area (Å²) in [4.78, 5) is 0. The van der Waals surface area contributed by atoms with Crippen LogP contribution in [0.2, 0.25) is 0 Å². The maximum absolute atomic E-state index is 9.54. The van der Waals surface area contributed by atoms with E-state index in [1.165, 1.54) is 77.0 Å². The van der Waals surface area contributed by atoms with Crippen LogP contribution in [0, 0.1) is 63.6 Å². The van der Waals surface area contributed by atoms with Gasteiger partial charge in [-0.1, -0.05) is 72.3 Å². The van der Waals surface area contributed by atoms with Gasteiger partial charge in [0.05, 0.1) is 6.07 Å². The molecule has 1 nitrogen and oxygen atoms in total. The molecule has 168 valence electrons. The molecule has 0 amide bonds. The Morgan fingerprint density at radius 2 is 1.73 bits per heavy atom. The third kappa shape index (κ3) is 3.69. The molecule has 0 heterocycles. The van der Waals surface area contributed by atoms with Gasteiger partial charge in [-0.3, -0.25) is 0 Å². The first kappa shape index (κ1) is 22.4. The molecule has 4 rings (SSSR count). The normalized spacial score (nSPS) is 45.5. The zero-order chi connectivity index (χ0) is 21.5. The number of fused-ring (bicyclic) bond motifs is 5. The summed E-state index contributed by atoms with van der Waals surface area (Å²) < 4.78 is 0. The van der Waals surface area contributed by atoms with Gasteiger partial charge in [-0.25, -0.2) is 0 Å². The van der Waals surface area contributed by atoms with E-state index in [0.717, 1.165) is 35.5 Å². The summed E-state index contributed by atoms with van der Waals surface area (Å²) in [5.74, 6) is 6.00. The zero-order valence-electron chi connectivity index (χ0n) is 20.6. The maximum Gasteiger partial charge on any atom is 0.0911 e. The van der Waals surface area contributed by atoms with Gasteiger partial charge in [0, 0.05) is 6.08 Å². The zero-order valence-corrected chi connectivity index (χ0v) is 20.6. The van der Waals surface area contributed by atoms with Crippen molar-refractivity contribution >= 4 is 0 Å². The summed E-state index contributed by atoms with van der Waals surface area (Å²) in [5, 5.41) is 9.54. The predicted octanol–water partition coefficient (Wildman–Crippen LogP) is 8.56. The summed E-state index contributed by atoms with van der Waals surface area (Å²) in [6.07, 6.45) is 18.8. The standard InChI is InChI=1S/C29H47N/c1-20(2)9-8-10-21(3)24-12-13-26-23-19-22(15-18-30)25-11-6-7-16-28(25,4)27(23)14-17-29(24,26)5/h15,20-21,23-27H,6-14,16-17,19H2,1-5H3/b22-15+/t21?,23?,24-,25-,26?,27?,28+,29-/m1/s1. The number of rotatable bonds is 5. The number of hydrogen-bond acceptors (Lipinski definition) is 1. The molecule has 0 bridgehead atoms. The molecule has 30 heavy (non-hydrogen) atoms. The fourth-order valence-corrected chi connectivity index (χ4v) is 9.48. The van der Waals surface area contributed by atoms with Crippen molar-refractivity contribution in [2.24, 2.45) is 52.3 Å². The number of nitriles is 1. The molecular weight excluding hydrogens is 362 g/mol. The van der Waals surface area contributed by atoms with Crippen molar-refractivity contribution in [1.29, 1.82) is 5.26 Å². The molecule has 4 unspecified atom stereocenters. The average Bonchev–Trinajstić information content (AvgIpc) is 3.05. The highest BCUT2D eigenvalue weighted by Crippen LogP contribution is 2.69. The number of nitrogens with zero attached hydrogens (tertiary/aromatic N) is 1. The lowest BCUT2D eigenvalue weighted by atomic mass is 9.43. The lowest BCUT2D eigenvalue weighted by Gasteiger charge is -2.61. The largest absolute Gasteiger partial charge is 0.193 e. The SMILES string of the molecule is CC(C)CCCC(C)[C@H]1CCC2C3C/C(=C\C#N)[C@H]4CCCC[C@]4(C)C3CC[C@@]21C. The Morgan fingerprint density at radius 1 is 0.967 bits per heavy atom. The van der Waals surface area contributed by atoms with Crippen LogP contribution in [-0.4, -0.2) is 0 Å². The lowest BCUT2D eigenvalue weighted by Crippen LogP contribution is -2.53. The topological polar surface area (TPSA) is 23.8 Å². The molecule has 0 aromatic carbocycles. The van der Waals surface area contributed by atoms with Gasteiger partial charge in [0.1, 0.15) is 0 Å². The number of hydrogen-bond donors (Lipinski definition) is 0. The van der Waals surface area contributed by atoms with E-state index in [2.05, 4.69) is 40.7 Å². The molecule has 4 saturated carbocycles. The molecule has 4 aliphatic rings. The second-order valence-corrected chi connectivity index (χ2v) is 12.8. The highest BCUT2D eigenvalue weighted by molar-refractivity contribution is 5.26. The third-order valence-electron chi connectivity index (χ3n) is 10.9. The van der Waals surface area contributed by atoms with Gasteiger partial charge in [0.15, 0.2) is 0 Å². The van der Waals surface area contributed by atoms with Crippen LogP contribution >= 0.6 is 0 Å². The Balaban J connectivity index is 1.55. The maximum atomic E-state index is 9.54. The van der Waals surface area contributed by atoms with Crippen LogP contribution in [0.1, 0.15) is 112 Å². The molecule has 0 saturated heterocycles. The molecule has 0 aromatic rings. The molecule has 0 aliphatic heterocycles. The van der Waals surface area contributed by atoms with Gasteiger partial charge >= 0.3 is 0 Å². The molecule has 0 radical (unpaired) electrons. The second kappa shape index (κ2) is 8.64. The molecule has 0 aromatic heterocycles. The Labute approximate surface area is 187 Å². The molecule has 0 spiro atoms. The Bertz CT molecular complexity index is 683. The summed E-state index contributed by atoms with van der Waals surface area (Å²) in [5.41, 5.74) is 2.55. The van der Waals surface area contributed by atoms with Crippen molar-refractivity contribution in [2.75, 3.05) is 0 Å². The highest BCUT2D eigenvalue weighted by atomic mass is 14.7. The Hall–Kier alpha value is -0.770. The van der Waals surface area contributed by atoms with Gasteiger partial charge in [0.2, 0.25) is 0 Å². The van der Waals surface area contributed by atoms with E-state index in [9.17, 15) is 5.26 Å². The minimum Gasteiger partial charge on any atom is -0.193 e. The van der Waals surface area contributed by atoms with Gasteiger partial charge in [-0.05, 0) is 97.2 Å². The van der Waals surface area contributed by atoms with Crippen LogP contribution in [0.5, 0.6) is 0 Å². The van der Waals surface area contributed by atoms with Crippen LogP contribution in [0.15, 0.2) is 11.6 Å². The first-order valence-corrected chi connectivity index (χ1v) is 13.4. The van der Waals surface area contributed by atoms with Gasteiger partial charge in [-0.2, -0.15) is 5.26 Å². The van der Waals surface area contributed by atoms with Crippen LogP contribution in [-0.2, 0) is 0 Å². The summed E-state index contributed by atoms with van der Waals surface area (Å²) in [6.45, 7) is 12.6. The van der Waals surface area contributed by atoms with Crippen molar-refractivity contribution in [3.05, 3.63) is 11.6 Å². The minimum atomic E-state index is 0.464. The predicted molar refractivity (Wildman–Crippen MR) is 127 cm³/mol. The van der Waals surface area contributed by atoms with E-state index in [-0.39, 0.29) is 0 Å². The first-order chi connectivity index (χ1) is 14.3. The molecule has 4 aliphatic carbocycles. The summed E-state index contributed by atoms with van der Waals surface area (Å²) in [6, 6.07) is 2.45. The van der Waals surface area contributed by atoms with Crippen molar-refractivity contribution < 1.29 is 0 Å². The average molecular weight is 410 g/mol. The molecular formula is C29H47N. The summed E-state index contributed by atoms with van der Waals surface area (Å²) >= 11 is 0. The van der Waals surface area contributed by atoms with Gasteiger partial charge in [0.25, 0.3) is 0 Å². The molecule has 4 fully saturated rings. The van der Waals surface area contributed by atoms with Crippen LogP contribution < -0.4 is 0 Å². The van der Waals surface area contributed by atoms with Crippen molar-refractivity contribution in [3.8, 4) is 6.07 Å². The van der Waals surface area contributed by atoms with Gasteiger partial charge in [-0.15, -0.1) is 0 Å². The molecule has 1 heteroatoms. The molecule has 0 N–H and O–H groups in total. The molecule has 8 atom stereocenters. The van der Waals surface area contributed by atoms with Crippen molar-refractivity contribution in [1.82, 2.24) is 0 Å². The van der Waals surface area contributed by atoms with Crippen molar-refractivity contribution in [3.63, 3.8) is 0 Å². The second-order valence-electron chi connectivity index (χ2n) is 12.8. The summed E-state index contributed by atoms with van der Waals surface area (Å²) in [7, 11) is 0. The number of allylic oxidation sites excluding steroid dienone is 2. The quantitative estimate of drug-likeness (QED) is 0.417. The van der Waals surface area contributed by atoms with E-state index in [0.29, 0.717) is 16.7 Å². The fraction of sp³-hybridized carbons (Fsp3) is 0.897. The van der Waals surface area contributed by atoms with E-state index in [4.69, 9.17) is 0 Å². The fourth-order valence-electron chi connectivity index (χ4n) is 9.48.